The second-order valence-electron chi connectivity index (χ2n) is 5.54. The average Bonchev–Trinajstić information content (AvgIpc) is 2.56. The lowest BCUT2D eigenvalue weighted by atomic mass is 10.1. The summed E-state index contributed by atoms with van der Waals surface area (Å²) < 4.78 is 0. The Morgan fingerprint density at radius 1 is 1.09 bits per heavy atom. The van der Waals surface area contributed by atoms with Crippen molar-refractivity contribution in [3.63, 3.8) is 0 Å². The largest absolute Gasteiger partial charge is 0.349 e. The van der Waals surface area contributed by atoms with Crippen LogP contribution >= 0.6 is 0 Å². The lowest BCUT2D eigenvalue weighted by Crippen LogP contribution is -2.31. The van der Waals surface area contributed by atoms with Gasteiger partial charge in [-0.2, -0.15) is 0 Å². The number of rotatable bonds is 7. The number of aromatic nitrogens is 2. The summed E-state index contributed by atoms with van der Waals surface area (Å²) in [7, 11) is 3.92. The van der Waals surface area contributed by atoms with Gasteiger partial charge in [0.2, 0.25) is 0 Å². The lowest BCUT2D eigenvalue weighted by Gasteiger charge is -2.10. The first-order valence-corrected chi connectivity index (χ1v) is 7.71. The van der Waals surface area contributed by atoms with Gasteiger partial charge in [-0.1, -0.05) is 19.1 Å². The molecule has 2 N–H and O–H groups in total. The molecule has 2 rings (SSSR count). The zero-order chi connectivity index (χ0) is 16.7. The molecule has 0 spiro atoms. The third-order valence-corrected chi connectivity index (χ3v) is 3.38. The summed E-state index contributed by atoms with van der Waals surface area (Å²) in [6.07, 6.45) is 1.01. The van der Waals surface area contributed by atoms with Gasteiger partial charge in [0, 0.05) is 18.8 Å². The molecule has 0 aliphatic rings. The van der Waals surface area contributed by atoms with Crippen LogP contribution in [0.4, 0.5) is 11.5 Å². The molecular weight excluding hydrogens is 290 g/mol. The van der Waals surface area contributed by atoms with Crippen molar-refractivity contribution < 1.29 is 4.79 Å². The Bertz CT molecular complexity index is 622. The number of hydrogen-bond acceptors (Lipinski definition) is 5. The number of nitrogens with one attached hydrogen (secondary N) is 2. The Hall–Kier alpha value is -2.47. The van der Waals surface area contributed by atoms with Crippen molar-refractivity contribution in [2.75, 3.05) is 32.5 Å². The Balaban J connectivity index is 1.91. The van der Waals surface area contributed by atoms with E-state index in [0.29, 0.717) is 18.1 Å². The zero-order valence-corrected chi connectivity index (χ0v) is 13.8. The normalized spacial score (nSPS) is 10.6. The van der Waals surface area contributed by atoms with Crippen molar-refractivity contribution in [2.24, 2.45) is 0 Å². The van der Waals surface area contributed by atoms with Gasteiger partial charge >= 0.3 is 0 Å². The van der Waals surface area contributed by atoms with Crippen LogP contribution in [0.5, 0.6) is 0 Å². The summed E-state index contributed by atoms with van der Waals surface area (Å²) in [5, 5.41) is 14.0. The molecule has 0 aliphatic carbocycles. The number of nitrogens with zero attached hydrogens (tertiary/aromatic N) is 3. The van der Waals surface area contributed by atoms with Crippen LogP contribution in [0, 0.1) is 0 Å². The summed E-state index contributed by atoms with van der Waals surface area (Å²) in [4.78, 5) is 13.9. The van der Waals surface area contributed by atoms with Crippen molar-refractivity contribution in [1.82, 2.24) is 20.4 Å². The van der Waals surface area contributed by atoms with Crippen molar-refractivity contribution in [1.29, 1.82) is 0 Å². The average molecular weight is 313 g/mol. The number of carbonyl (C=O) groups is 1. The highest BCUT2D eigenvalue weighted by atomic mass is 16.1. The van der Waals surface area contributed by atoms with Gasteiger partial charge in [-0.3, -0.25) is 4.79 Å². The van der Waals surface area contributed by atoms with Crippen molar-refractivity contribution >= 4 is 17.4 Å². The molecule has 0 saturated carbocycles. The van der Waals surface area contributed by atoms with Gasteiger partial charge in [-0.15, -0.1) is 10.2 Å². The van der Waals surface area contributed by atoms with Crippen molar-refractivity contribution in [3.8, 4) is 0 Å². The molecule has 0 saturated heterocycles. The van der Waals surface area contributed by atoms with E-state index in [9.17, 15) is 4.79 Å². The molecule has 1 heterocycles. The fourth-order valence-electron chi connectivity index (χ4n) is 1.98. The minimum Gasteiger partial charge on any atom is -0.349 e. The SMILES string of the molecule is CCc1ccc(Nc2ccc(C(=O)NCCN(C)C)nn2)cc1. The topological polar surface area (TPSA) is 70.2 Å². The molecule has 0 aliphatic heterocycles. The Morgan fingerprint density at radius 2 is 1.83 bits per heavy atom. The molecule has 6 heteroatoms. The number of likely N-dealkylation sites (N-methyl/N-ethyl adjacent to an activating group) is 1. The number of aryl methyl sites for hydroxylation is 1. The molecule has 1 amide bonds. The van der Waals surface area contributed by atoms with E-state index in [2.05, 4.69) is 39.9 Å². The molecule has 1 aromatic carbocycles. The first kappa shape index (κ1) is 16.9. The van der Waals surface area contributed by atoms with Crippen LogP contribution in [-0.2, 0) is 6.42 Å². The van der Waals surface area contributed by atoms with E-state index < -0.39 is 0 Å². The Kier molecular flexibility index (Phi) is 6.05. The second-order valence-corrected chi connectivity index (χ2v) is 5.54. The first-order chi connectivity index (χ1) is 11.1. The van der Waals surface area contributed by atoms with E-state index in [0.717, 1.165) is 18.7 Å². The van der Waals surface area contributed by atoms with E-state index in [1.807, 2.05) is 31.1 Å². The second kappa shape index (κ2) is 8.24. The molecular formula is C17H23N5O. The van der Waals surface area contributed by atoms with E-state index in [1.165, 1.54) is 5.56 Å². The molecule has 0 atom stereocenters. The number of carbonyl (C=O) groups excluding carboxylic acids is 1. The number of benzene rings is 1. The molecule has 0 radical (unpaired) electrons. The van der Waals surface area contributed by atoms with Crippen LogP contribution in [0.15, 0.2) is 36.4 Å². The van der Waals surface area contributed by atoms with Crippen LogP contribution < -0.4 is 10.6 Å². The van der Waals surface area contributed by atoms with Crippen LogP contribution in [0.1, 0.15) is 23.0 Å². The predicted molar refractivity (Wildman–Crippen MR) is 92.0 cm³/mol. The zero-order valence-electron chi connectivity index (χ0n) is 13.8. The van der Waals surface area contributed by atoms with Crippen LogP contribution in [-0.4, -0.2) is 48.2 Å². The molecule has 0 fully saturated rings. The maximum Gasteiger partial charge on any atom is 0.271 e. The van der Waals surface area contributed by atoms with Gasteiger partial charge in [0.1, 0.15) is 0 Å². The van der Waals surface area contributed by atoms with Gasteiger partial charge in [0.05, 0.1) is 0 Å². The third kappa shape index (κ3) is 5.34. The molecule has 23 heavy (non-hydrogen) atoms. The van der Waals surface area contributed by atoms with Crippen LogP contribution in [0.3, 0.4) is 0 Å². The Labute approximate surface area is 136 Å². The molecule has 6 nitrogen and oxygen atoms in total. The molecule has 0 bridgehead atoms. The minimum absolute atomic E-state index is 0.210. The van der Waals surface area contributed by atoms with Gasteiger partial charge in [0.25, 0.3) is 5.91 Å². The maximum absolute atomic E-state index is 11.9. The molecule has 2 aromatic rings. The quantitative estimate of drug-likeness (QED) is 0.819. The molecule has 122 valence electrons. The summed E-state index contributed by atoms with van der Waals surface area (Å²) in [6, 6.07) is 11.6. The minimum atomic E-state index is -0.210. The van der Waals surface area contributed by atoms with Crippen LogP contribution in [0.25, 0.3) is 0 Å². The van der Waals surface area contributed by atoms with Gasteiger partial charge in [-0.25, -0.2) is 0 Å². The number of anilines is 2. The predicted octanol–water partition coefficient (Wildman–Crippen LogP) is 2.07. The van der Waals surface area contributed by atoms with Crippen molar-refractivity contribution in [2.45, 2.75) is 13.3 Å². The first-order valence-electron chi connectivity index (χ1n) is 7.71. The number of amides is 1. The standard InChI is InChI=1S/C17H23N5O/c1-4-13-5-7-14(8-6-13)19-16-10-9-15(20-21-16)17(23)18-11-12-22(2)3/h5-10H,4,11-12H2,1-3H3,(H,18,23)(H,19,21). The van der Waals surface area contributed by atoms with E-state index >= 15 is 0 Å². The smallest absolute Gasteiger partial charge is 0.271 e. The maximum atomic E-state index is 11.9. The van der Waals surface area contributed by atoms with E-state index in [4.69, 9.17) is 0 Å². The van der Waals surface area contributed by atoms with E-state index in [1.54, 1.807) is 12.1 Å². The van der Waals surface area contributed by atoms with Gasteiger partial charge < -0.3 is 15.5 Å². The van der Waals surface area contributed by atoms with Gasteiger partial charge in [-0.05, 0) is 50.3 Å². The summed E-state index contributed by atoms with van der Waals surface area (Å²) in [6.45, 7) is 3.49. The number of hydrogen-bond donors (Lipinski definition) is 2. The van der Waals surface area contributed by atoms with Crippen LogP contribution in [0.2, 0.25) is 0 Å². The summed E-state index contributed by atoms with van der Waals surface area (Å²) in [5.41, 5.74) is 2.54. The summed E-state index contributed by atoms with van der Waals surface area (Å²) in [5.74, 6) is 0.400. The summed E-state index contributed by atoms with van der Waals surface area (Å²) >= 11 is 0. The van der Waals surface area contributed by atoms with Gasteiger partial charge in [0.15, 0.2) is 11.5 Å². The molecule has 0 unspecified atom stereocenters. The highest BCUT2D eigenvalue weighted by Gasteiger charge is 2.07. The third-order valence-electron chi connectivity index (χ3n) is 3.38. The monoisotopic (exact) mass is 313 g/mol. The Morgan fingerprint density at radius 3 is 2.39 bits per heavy atom. The van der Waals surface area contributed by atoms with Crippen molar-refractivity contribution in [3.05, 3.63) is 47.7 Å². The van der Waals surface area contributed by atoms with E-state index in [-0.39, 0.29) is 5.91 Å². The lowest BCUT2D eigenvalue weighted by molar-refractivity contribution is 0.0945. The highest BCUT2D eigenvalue weighted by Crippen LogP contribution is 2.15. The molecule has 1 aromatic heterocycles. The fourth-order valence-corrected chi connectivity index (χ4v) is 1.98. The fraction of sp³-hybridized carbons (Fsp3) is 0.353. The highest BCUT2D eigenvalue weighted by molar-refractivity contribution is 5.92.